The zero-order valence-electron chi connectivity index (χ0n) is 9.91. The Labute approximate surface area is 102 Å². The Balaban J connectivity index is 2.83. The van der Waals surface area contributed by atoms with Crippen molar-refractivity contribution in [2.24, 2.45) is 0 Å². The Hall–Kier alpha value is -1.63. The van der Waals surface area contributed by atoms with Crippen LogP contribution in [0.5, 0.6) is 0 Å². The Morgan fingerprint density at radius 1 is 1.44 bits per heavy atom. The van der Waals surface area contributed by atoms with Gasteiger partial charge in [0.2, 0.25) is 0 Å². The van der Waals surface area contributed by atoms with Crippen molar-refractivity contribution < 1.29 is 18.1 Å². The van der Waals surface area contributed by atoms with Crippen LogP contribution in [0.3, 0.4) is 0 Å². The summed E-state index contributed by atoms with van der Waals surface area (Å²) in [7, 11) is 0. The number of hydrogen-bond acceptors (Lipinski definition) is 3. The molecule has 18 heavy (non-hydrogen) atoms. The van der Waals surface area contributed by atoms with Gasteiger partial charge in [0.05, 0.1) is 11.5 Å². The second-order valence-corrected chi connectivity index (χ2v) is 4.02. The fourth-order valence-corrected chi connectivity index (χ4v) is 1.48. The zero-order valence-corrected chi connectivity index (χ0v) is 9.91. The van der Waals surface area contributed by atoms with E-state index in [0.29, 0.717) is 11.1 Å². The zero-order chi connectivity index (χ0) is 13.9. The van der Waals surface area contributed by atoms with Crippen LogP contribution < -0.4 is 5.32 Å². The van der Waals surface area contributed by atoms with Crippen molar-refractivity contribution >= 4 is 5.69 Å². The molecule has 100 valence electrons. The number of nitro benzene ring substituents is 1. The number of benzene rings is 1. The summed E-state index contributed by atoms with van der Waals surface area (Å²) >= 11 is 0. The number of alkyl halides is 3. The second kappa shape index (κ2) is 5.34. The van der Waals surface area contributed by atoms with E-state index in [0.717, 1.165) is 0 Å². The molecule has 0 bridgehead atoms. The molecule has 1 N–H and O–H groups in total. The highest BCUT2D eigenvalue weighted by atomic mass is 19.4. The topological polar surface area (TPSA) is 55.2 Å². The lowest BCUT2D eigenvalue weighted by Gasteiger charge is -2.16. The predicted octanol–water partition coefficient (Wildman–Crippen LogP) is 3.12. The van der Waals surface area contributed by atoms with Crippen LogP contribution in [0.15, 0.2) is 18.2 Å². The molecule has 7 heteroatoms. The molecule has 0 aromatic heterocycles. The molecule has 0 aliphatic carbocycles. The summed E-state index contributed by atoms with van der Waals surface area (Å²) in [6, 6.07) is 3.80. The maximum Gasteiger partial charge on any atom is 0.401 e. The van der Waals surface area contributed by atoms with E-state index in [1.807, 2.05) is 0 Å². The van der Waals surface area contributed by atoms with Gasteiger partial charge in [0.25, 0.3) is 5.69 Å². The van der Waals surface area contributed by atoms with Crippen molar-refractivity contribution in [3.8, 4) is 0 Å². The van der Waals surface area contributed by atoms with Gasteiger partial charge >= 0.3 is 6.18 Å². The Bertz CT molecular complexity index is 446. The largest absolute Gasteiger partial charge is 0.401 e. The van der Waals surface area contributed by atoms with Crippen molar-refractivity contribution in [1.29, 1.82) is 0 Å². The lowest BCUT2D eigenvalue weighted by molar-refractivity contribution is -0.385. The van der Waals surface area contributed by atoms with E-state index in [2.05, 4.69) is 5.32 Å². The standard InChI is InChI=1S/C11H13F3N2O2/c1-7-3-4-9(5-10(7)16(17)18)8(2)15-6-11(12,13)14/h3-5,8,15H,6H2,1-2H3. The van der Waals surface area contributed by atoms with Crippen molar-refractivity contribution in [3.05, 3.63) is 39.4 Å². The molecule has 1 unspecified atom stereocenters. The Kier molecular flexibility index (Phi) is 4.28. The molecule has 1 aromatic carbocycles. The molecule has 0 spiro atoms. The molecule has 0 heterocycles. The maximum absolute atomic E-state index is 12.0. The van der Waals surface area contributed by atoms with Crippen LogP contribution in [0.1, 0.15) is 24.1 Å². The number of rotatable bonds is 4. The van der Waals surface area contributed by atoms with Gasteiger partial charge in [-0.1, -0.05) is 12.1 Å². The van der Waals surface area contributed by atoms with Gasteiger partial charge in [0.1, 0.15) is 0 Å². The first-order chi connectivity index (χ1) is 8.20. The molecule has 0 saturated carbocycles. The minimum absolute atomic E-state index is 0.0897. The number of nitrogens with zero attached hydrogens (tertiary/aromatic N) is 1. The van der Waals surface area contributed by atoms with Crippen LogP contribution in [0, 0.1) is 17.0 Å². The summed E-state index contributed by atoms with van der Waals surface area (Å²) in [5.74, 6) is 0. The van der Waals surface area contributed by atoms with Gasteiger partial charge in [-0.25, -0.2) is 0 Å². The van der Waals surface area contributed by atoms with Crippen molar-refractivity contribution in [2.45, 2.75) is 26.1 Å². The SMILES string of the molecule is Cc1ccc(C(C)NCC(F)(F)F)cc1[N+](=O)[O-]. The van der Waals surface area contributed by atoms with Crippen LogP contribution in [0.2, 0.25) is 0 Å². The molecule has 4 nitrogen and oxygen atoms in total. The minimum Gasteiger partial charge on any atom is -0.302 e. The summed E-state index contributed by atoms with van der Waals surface area (Å²) in [4.78, 5) is 10.2. The molecule has 1 rings (SSSR count). The predicted molar refractivity (Wildman–Crippen MR) is 60.3 cm³/mol. The number of nitro groups is 1. The highest BCUT2D eigenvalue weighted by molar-refractivity contribution is 5.43. The highest BCUT2D eigenvalue weighted by Gasteiger charge is 2.27. The van der Waals surface area contributed by atoms with Crippen LogP contribution >= 0.6 is 0 Å². The van der Waals surface area contributed by atoms with E-state index in [1.165, 1.54) is 19.1 Å². The first-order valence-electron chi connectivity index (χ1n) is 5.26. The summed E-state index contributed by atoms with van der Waals surface area (Å²) in [5.41, 5.74) is 0.844. The number of nitrogens with one attached hydrogen (secondary N) is 1. The normalized spacial score (nSPS) is 13.4. The van der Waals surface area contributed by atoms with E-state index in [-0.39, 0.29) is 5.69 Å². The van der Waals surface area contributed by atoms with Crippen LogP contribution in [0.25, 0.3) is 0 Å². The molecular weight excluding hydrogens is 249 g/mol. The van der Waals surface area contributed by atoms with Gasteiger partial charge in [-0.3, -0.25) is 10.1 Å². The third-order valence-corrected chi connectivity index (χ3v) is 2.54. The molecule has 0 aliphatic heterocycles. The molecule has 0 saturated heterocycles. The Morgan fingerprint density at radius 3 is 2.56 bits per heavy atom. The quantitative estimate of drug-likeness (QED) is 0.670. The maximum atomic E-state index is 12.0. The lowest BCUT2D eigenvalue weighted by atomic mass is 10.0. The van der Waals surface area contributed by atoms with Crippen LogP contribution in [0.4, 0.5) is 18.9 Å². The smallest absolute Gasteiger partial charge is 0.302 e. The van der Waals surface area contributed by atoms with Crippen molar-refractivity contribution in [3.63, 3.8) is 0 Å². The molecule has 0 fully saturated rings. The fraction of sp³-hybridized carbons (Fsp3) is 0.455. The second-order valence-electron chi connectivity index (χ2n) is 4.02. The van der Waals surface area contributed by atoms with Gasteiger partial charge in [0.15, 0.2) is 0 Å². The number of aryl methyl sites for hydroxylation is 1. The van der Waals surface area contributed by atoms with Crippen LogP contribution in [-0.2, 0) is 0 Å². The molecule has 0 amide bonds. The van der Waals surface area contributed by atoms with Crippen molar-refractivity contribution in [1.82, 2.24) is 5.32 Å². The third kappa shape index (κ3) is 3.99. The molecule has 0 radical (unpaired) electrons. The Morgan fingerprint density at radius 2 is 2.06 bits per heavy atom. The van der Waals surface area contributed by atoms with E-state index < -0.39 is 23.7 Å². The average molecular weight is 262 g/mol. The summed E-state index contributed by atoms with van der Waals surface area (Å²) in [6.07, 6.45) is -4.30. The summed E-state index contributed by atoms with van der Waals surface area (Å²) in [6.45, 7) is 1.98. The van der Waals surface area contributed by atoms with Gasteiger partial charge in [-0.2, -0.15) is 13.2 Å². The molecule has 1 atom stereocenters. The molecule has 1 aromatic rings. The number of hydrogen-bond donors (Lipinski definition) is 1. The van der Waals surface area contributed by atoms with E-state index in [9.17, 15) is 23.3 Å². The van der Waals surface area contributed by atoms with Crippen LogP contribution in [-0.4, -0.2) is 17.6 Å². The third-order valence-electron chi connectivity index (χ3n) is 2.54. The van der Waals surface area contributed by atoms with Gasteiger partial charge in [-0.15, -0.1) is 0 Å². The molecule has 0 aliphatic rings. The average Bonchev–Trinajstić information content (AvgIpc) is 2.25. The first kappa shape index (κ1) is 14.4. The van der Waals surface area contributed by atoms with Gasteiger partial charge in [0, 0.05) is 17.7 Å². The lowest BCUT2D eigenvalue weighted by Crippen LogP contribution is -2.30. The van der Waals surface area contributed by atoms with Gasteiger partial charge < -0.3 is 5.32 Å². The van der Waals surface area contributed by atoms with Crippen molar-refractivity contribution in [2.75, 3.05) is 6.54 Å². The van der Waals surface area contributed by atoms with Gasteiger partial charge in [-0.05, 0) is 19.4 Å². The summed E-state index contributed by atoms with van der Waals surface area (Å²) in [5, 5.41) is 13.0. The van der Waals surface area contributed by atoms with E-state index in [1.54, 1.807) is 13.0 Å². The minimum atomic E-state index is -4.30. The van der Waals surface area contributed by atoms with E-state index in [4.69, 9.17) is 0 Å². The number of halogens is 3. The molecular formula is C11H13F3N2O2. The monoisotopic (exact) mass is 262 g/mol. The first-order valence-corrected chi connectivity index (χ1v) is 5.26. The fourth-order valence-electron chi connectivity index (χ4n) is 1.48. The highest BCUT2D eigenvalue weighted by Crippen LogP contribution is 2.24. The summed E-state index contributed by atoms with van der Waals surface area (Å²) < 4.78 is 36.1. The van der Waals surface area contributed by atoms with E-state index >= 15 is 0 Å².